The van der Waals surface area contributed by atoms with Crippen LogP contribution in [0.1, 0.15) is 67.9 Å². The third-order valence-electron chi connectivity index (χ3n) is 5.25. The van der Waals surface area contributed by atoms with E-state index in [0.29, 0.717) is 11.8 Å². The Kier molecular flexibility index (Phi) is 4.12. The molecule has 0 aromatic carbocycles. The first-order chi connectivity index (χ1) is 11.6. The van der Waals surface area contributed by atoms with Gasteiger partial charge in [-0.1, -0.05) is 5.16 Å². The Morgan fingerprint density at radius 3 is 2.75 bits per heavy atom. The maximum atomic E-state index is 5.53. The highest BCUT2D eigenvalue weighted by Crippen LogP contribution is 2.39. The van der Waals surface area contributed by atoms with Gasteiger partial charge in [0.25, 0.3) is 0 Å². The van der Waals surface area contributed by atoms with E-state index in [0.717, 1.165) is 43.0 Å². The standard InChI is InChI=1S/C17H26N6O/c1-11(17-19-16(21-24-17)15-6-7-15)22-8-4-5-14(9-22)10-23-13(3)18-12(2)20-23/h11,14-15H,4-10H2,1-3H3/t11-,14+/m1/s1. The molecule has 24 heavy (non-hydrogen) atoms. The molecule has 2 fully saturated rings. The molecule has 7 nitrogen and oxygen atoms in total. The molecular weight excluding hydrogens is 304 g/mol. The van der Waals surface area contributed by atoms with Gasteiger partial charge in [-0.3, -0.25) is 4.90 Å². The molecule has 3 heterocycles. The monoisotopic (exact) mass is 330 g/mol. The number of hydrogen-bond acceptors (Lipinski definition) is 6. The summed E-state index contributed by atoms with van der Waals surface area (Å²) < 4.78 is 7.57. The van der Waals surface area contributed by atoms with Gasteiger partial charge in [0, 0.05) is 19.0 Å². The average Bonchev–Trinajstić information content (AvgIpc) is 3.22. The Morgan fingerprint density at radius 1 is 1.21 bits per heavy atom. The van der Waals surface area contributed by atoms with Gasteiger partial charge < -0.3 is 4.52 Å². The SMILES string of the molecule is Cc1nc(C)n(C[C@H]2CCCN([C@H](C)c3nc(C4CC4)no3)C2)n1. The van der Waals surface area contributed by atoms with Crippen molar-refractivity contribution in [3.05, 3.63) is 23.4 Å². The zero-order valence-electron chi connectivity index (χ0n) is 14.8. The molecule has 1 aliphatic carbocycles. The lowest BCUT2D eigenvalue weighted by molar-refractivity contribution is 0.102. The van der Waals surface area contributed by atoms with Crippen LogP contribution in [0, 0.1) is 19.8 Å². The van der Waals surface area contributed by atoms with E-state index in [1.165, 1.54) is 25.7 Å². The first-order valence-electron chi connectivity index (χ1n) is 9.05. The number of hydrogen-bond donors (Lipinski definition) is 0. The van der Waals surface area contributed by atoms with E-state index in [9.17, 15) is 0 Å². The smallest absolute Gasteiger partial charge is 0.243 e. The van der Waals surface area contributed by atoms with Crippen molar-refractivity contribution in [2.45, 2.75) is 65.0 Å². The predicted octanol–water partition coefficient (Wildman–Crippen LogP) is 2.63. The highest BCUT2D eigenvalue weighted by Gasteiger charge is 2.32. The van der Waals surface area contributed by atoms with Crippen molar-refractivity contribution in [1.82, 2.24) is 29.8 Å². The van der Waals surface area contributed by atoms with Gasteiger partial charge in [-0.15, -0.1) is 0 Å². The van der Waals surface area contributed by atoms with Gasteiger partial charge in [0.05, 0.1) is 6.04 Å². The fourth-order valence-electron chi connectivity index (χ4n) is 3.66. The minimum Gasteiger partial charge on any atom is -0.338 e. The number of aryl methyl sites for hydroxylation is 2. The van der Waals surface area contributed by atoms with Crippen molar-refractivity contribution >= 4 is 0 Å². The summed E-state index contributed by atoms with van der Waals surface area (Å²) in [6.07, 6.45) is 4.84. The van der Waals surface area contributed by atoms with Gasteiger partial charge in [-0.05, 0) is 58.9 Å². The fraction of sp³-hybridized carbons (Fsp3) is 0.765. The molecule has 0 amide bonds. The molecular formula is C17H26N6O. The zero-order chi connectivity index (χ0) is 16.7. The van der Waals surface area contributed by atoms with Gasteiger partial charge >= 0.3 is 0 Å². The Balaban J connectivity index is 1.40. The van der Waals surface area contributed by atoms with Crippen LogP contribution in [0.5, 0.6) is 0 Å². The van der Waals surface area contributed by atoms with Crippen molar-refractivity contribution < 1.29 is 4.52 Å². The quantitative estimate of drug-likeness (QED) is 0.839. The lowest BCUT2D eigenvalue weighted by Crippen LogP contribution is -2.39. The summed E-state index contributed by atoms with van der Waals surface area (Å²) in [6.45, 7) is 9.23. The summed E-state index contributed by atoms with van der Waals surface area (Å²) in [5, 5.41) is 8.67. The lowest BCUT2D eigenvalue weighted by Gasteiger charge is -2.35. The van der Waals surface area contributed by atoms with Crippen molar-refractivity contribution in [1.29, 1.82) is 0 Å². The van der Waals surface area contributed by atoms with Crippen LogP contribution >= 0.6 is 0 Å². The summed E-state index contributed by atoms with van der Waals surface area (Å²) in [7, 11) is 0. The predicted molar refractivity (Wildman–Crippen MR) is 88.5 cm³/mol. The summed E-state index contributed by atoms with van der Waals surface area (Å²) in [5.74, 6) is 4.66. The molecule has 1 saturated carbocycles. The van der Waals surface area contributed by atoms with Gasteiger partial charge in [0.1, 0.15) is 11.6 Å². The fourth-order valence-corrected chi connectivity index (χ4v) is 3.66. The van der Waals surface area contributed by atoms with E-state index < -0.39 is 0 Å². The van der Waals surface area contributed by atoms with Gasteiger partial charge in [0.2, 0.25) is 5.89 Å². The number of nitrogens with zero attached hydrogens (tertiary/aromatic N) is 6. The second-order valence-corrected chi connectivity index (χ2v) is 7.33. The molecule has 1 saturated heterocycles. The molecule has 4 rings (SSSR count). The number of likely N-dealkylation sites (tertiary alicyclic amines) is 1. The van der Waals surface area contributed by atoms with E-state index in [1.807, 2.05) is 18.5 Å². The van der Waals surface area contributed by atoms with Crippen molar-refractivity contribution in [2.24, 2.45) is 5.92 Å². The van der Waals surface area contributed by atoms with Crippen LogP contribution in [0.4, 0.5) is 0 Å². The number of piperidine rings is 1. The lowest BCUT2D eigenvalue weighted by atomic mass is 9.97. The van der Waals surface area contributed by atoms with Crippen LogP contribution in [0.15, 0.2) is 4.52 Å². The largest absolute Gasteiger partial charge is 0.338 e. The Hall–Kier alpha value is -1.76. The van der Waals surface area contributed by atoms with Crippen LogP contribution in [0.2, 0.25) is 0 Å². The Labute approximate surface area is 142 Å². The number of rotatable bonds is 5. The normalized spacial score (nSPS) is 23.5. The van der Waals surface area contributed by atoms with E-state index in [-0.39, 0.29) is 6.04 Å². The molecule has 0 spiro atoms. The highest BCUT2D eigenvalue weighted by molar-refractivity contribution is 5.05. The third-order valence-corrected chi connectivity index (χ3v) is 5.25. The molecule has 7 heteroatoms. The third kappa shape index (κ3) is 3.22. The first kappa shape index (κ1) is 15.7. The van der Waals surface area contributed by atoms with Crippen LogP contribution in [-0.4, -0.2) is 42.9 Å². The summed E-state index contributed by atoms with van der Waals surface area (Å²) >= 11 is 0. The molecule has 0 N–H and O–H groups in total. The first-order valence-corrected chi connectivity index (χ1v) is 9.05. The van der Waals surface area contributed by atoms with Gasteiger partial charge in [0.15, 0.2) is 5.82 Å². The summed E-state index contributed by atoms with van der Waals surface area (Å²) in [5.41, 5.74) is 0. The van der Waals surface area contributed by atoms with Crippen LogP contribution in [0.25, 0.3) is 0 Å². The van der Waals surface area contributed by atoms with E-state index in [4.69, 9.17) is 4.52 Å². The molecule has 1 aliphatic heterocycles. The Morgan fingerprint density at radius 2 is 2.04 bits per heavy atom. The Bertz CT molecular complexity index is 704. The van der Waals surface area contributed by atoms with E-state index in [1.54, 1.807) is 0 Å². The minimum atomic E-state index is 0.186. The van der Waals surface area contributed by atoms with E-state index in [2.05, 4.69) is 32.0 Å². The van der Waals surface area contributed by atoms with Gasteiger partial charge in [-0.25, -0.2) is 9.67 Å². The molecule has 2 aromatic heterocycles. The zero-order valence-corrected chi connectivity index (χ0v) is 14.8. The topological polar surface area (TPSA) is 72.9 Å². The van der Waals surface area contributed by atoms with Crippen molar-refractivity contribution in [2.75, 3.05) is 13.1 Å². The van der Waals surface area contributed by atoms with Crippen LogP contribution in [-0.2, 0) is 6.54 Å². The van der Waals surface area contributed by atoms with Gasteiger partial charge in [-0.2, -0.15) is 10.1 Å². The number of aromatic nitrogens is 5. The summed E-state index contributed by atoms with van der Waals surface area (Å²) in [4.78, 5) is 11.5. The van der Waals surface area contributed by atoms with Crippen molar-refractivity contribution in [3.8, 4) is 0 Å². The second kappa shape index (κ2) is 6.27. The molecule has 2 aliphatic rings. The summed E-state index contributed by atoms with van der Waals surface area (Å²) in [6, 6.07) is 0.186. The molecule has 130 valence electrons. The van der Waals surface area contributed by atoms with Crippen LogP contribution < -0.4 is 0 Å². The maximum Gasteiger partial charge on any atom is 0.243 e. The van der Waals surface area contributed by atoms with Crippen LogP contribution in [0.3, 0.4) is 0 Å². The molecule has 2 aromatic rings. The van der Waals surface area contributed by atoms with E-state index >= 15 is 0 Å². The second-order valence-electron chi connectivity index (χ2n) is 7.33. The highest BCUT2D eigenvalue weighted by atomic mass is 16.5. The molecule has 2 atom stereocenters. The molecule has 0 bridgehead atoms. The average molecular weight is 330 g/mol. The maximum absolute atomic E-state index is 5.53. The minimum absolute atomic E-state index is 0.186. The van der Waals surface area contributed by atoms with Crippen molar-refractivity contribution in [3.63, 3.8) is 0 Å². The molecule has 0 radical (unpaired) electrons. The molecule has 0 unspecified atom stereocenters.